The van der Waals surface area contributed by atoms with Gasteiger partial charge in [0.05, 0.1) is 23.5 Å². The highest BCUT2D eigenvalue weighted by Crippen LogP contribution is 2.45. The molecule has 0 saturated carbocycles. The van der Waals surface area contributed by atoms with E-state index >= 15 is 0 Å². The van der Waals surface area contributed by atoms with E-state index in [1.165, 1.54) is 0 Å². The molecule has 9 heteroatoms. The molecule has 3 unspecified atom stereocenters. The normalized spacial score (nSPS) is 26.5. The molecule has 0 spiro atoms. The molecular weight excluding hydrogens is 341 g/mol. The van der Waals surface area contributed by atoms with Gasteiger partial charge in [0, 0.05) is 12.1 Å². The fraction of sp³-hybridized carbons (Fsp3) is 0.467. The Labute approximate surface area is 138 Å². The van der Waals surface area contributed by atoms with Crippen LogP contribution in [0.3, 0.4) is 0 Å². The second-order valence-electron chi connectivity index (χ2n) is 5.95. The Morgan fingerprint density at radius 2 is 2.04 bits per heavy atom. The standard InChI is InChI=1S/C15H16FNO6S/c1-23-15(20)10-4-2-8(16)6-13(10)24(21,22)17-9-3-5-12(17)11(7-9)14(18)19/h2,4,6,9,11-12H,3,5,7H2,1H3,(H,18,19). The van der Waals surface area contributed by atoms with Crippen LogP contribution in [0, 0.1) is 11.7 Å². The highest BCUT2D eigenvalue weighted by atomic mass is 32.2. The zero-order chi connectivity index (χ0) is 17.6. The molecule has 24 heavy (non-hydrogen) atoms. The van der Waals surface area contributed by atoms with Crippen LogP contribution in [-0.4, -0.2) is 49.0 Å². The smallest absolute Gasteiger partial charge is 0.339 e. The summed E-state index contributed by atoms with van der Waals surface area (Å²) in [5.41, 5.74) is -0.267. The Morgan fingerprint density at radius 3 is 2.62 bits per heavy atom. The molecule has 3 atom stereocenters. The first-order chi connectivity index (χ1) is 11.3. The first kappa shape index (κ1) is 16.8. The number of carbonyl (C=O) groups is 2. The quantitative estimate of drug-likeness (QED) is 0.814. The van der Waals surface area contributed by atoms with Crippen molar-refractivity contribution < 1.29 is 32.2 Å². The summed E-state index contributed by atoms with van der Waals surface area (Å²) < 4.78 is 45.3. The molecule has 1 N–H and O–H groups in total. The monoisotopic (exact) mass is 357 g/mol. The molecule has 2 aliphatic rings. The van der Waals surface area contributed by atoms with Gasteiger partial charge >= 0.3 is 11.9 Å². The van der Waals surface area contributed by atoms with E-state index in [1.54, 1.807) is 0 Å². The van der Waals surface area contributed by atoms with Crippen molar-refractivity contribution in [1.82, 2.24) is 4.31 Å². The lowest BCUT2D eigenvalue weighted by Gasteiger charge is -2.23. The fourth-order valence-electron chi connectivity index (χ4n) is 3.68. The van der Waals surface area contributed by atoms with Gasteiger partial charge in [-0.3, -0.25) is 4.79 Å². The Hall–Kier alpha value is -2.00. The molecule has 0 radical (unpaired) electrons. The topological polar surface area (TPSA) is 101 Å². The first-order valence-corrected chi connectivity index (χ1v) is 8.85. The highest BCUT2D eigenvalue weighted by molar-refractivity contribution is 7.89. The predicted octanol–water partition coefficient (Wildman–Crippen LogP) is 1.24. The van der Waals surface area contributed by atoms with Crippen LogP contribution in [0.2, 0.25) is 0 Å². The van der Waals surface area contributed by atoms with Crippen molar-refractivity contribution >= 4 is 22.0 Å². The summed E-state index contributed by atoms with van der Waals surface area (Å²) in [5, 5.41) is 9.26. The van der Waals surface area contributed by atoms with Gasteiger partial charge in [-0.1, -0.05) is 0 Å². The van der Waals surface area contributed by atoms with Gasteiger partial charge in [-0.05, 0) is 37.5 Å². The van der Waals surface area contributed by atoms with E-state index in [0.717, 1.165) is 29.6 Å². The van der Waals surface area contributed by atoms with Crippen LogP contribution in [0.25, 0.3) is 0 Å². The lowest BCUT2D eigenvalue weighted by molar-refractivity contribution is -0.142. The van der Waals surface area contributed by atoms with Crippen molar-refractivity contribution in [3.63, 3.8) is 0 Å². The number of rotatable bonds is 4. The zero-order valence-corrected chi connectivity index (χ0v) is 13.6. The van der Waals surface area contributed by atoms with Crippen LogP contribution < -0.4 is 0 Å². The van der Waals surface area contributed by atoms with Gasteiger partial charge < -0.3 is 9.84 Å². The lowest BCUT2D eigenvalue weighted by atomic mass is 9.89. The SMILES string of the molecule is COC(=O)c1ccc(F)cc1S(=O)(=O)N1C2CCC1C(C(=O)O)C2. The average Bonchev–Trinajstić information content (AvgIpc) is 3.12. The van der Waals surface area contributed by atoms with E-state index in [9.17, 15) is 27.5 Å². The van der Waals surface area contributed by atoms with Gasteiger partial charge in [-0.25, -0.2) is 17.6 Å². The van der Waals surface area contributed by atoms with Crippen LogP contribution in [0.15, 0.2) is 23.1 Å². The van der Waals surface area contributed by atoms with Crippen molar-refractivity contribution in [2.75, 3.05) is 7.11 Å². The number of carbonyl (C=O) groups excluding carboxylic acids is 1. The van der Waals surface area contributed by atoms with Gasteiger partial charge in [-0.2, -0.15) is 4.31 Å². The molecule has 1 aromatic carbocycles. The van der Waals surface area contributed by atoms with E-state index in [4.69, 9.17) is 0 Å². The Balaban J connectivity index is 2.08. The maximum Gasteiger partial charge on any atom is 0.339 e. The van der Waals surface area contributed by atoms with Gasteiger partial charge in [0.1, 0.15) is 5.82 Å². The number of nitrogens with zero attached hydrogens (tertiary/aromatic N) is 1. The number of methoxy groups -OCH3 is 1. The number of esters is 1. The molecule has 2 heterocycles. The summed E-state index contributed by atoms with van der Waals surface area (Å²) in [6, 6.07) is 1.68. The third kappa shape index (κ3) is 2.48. The van der Waals surface area contributed by atoms with E-state index in [2.05, 4.69) is 4.74 Å². The largest absolute Gasteiger partial charge is 0.481 e. The van der Waals surface area contributed by atoms with Crippen molar-refractivity contribution in [1.29, 1.82) is 0 Å². The number of halogens is 1. The molecule has 3 rings (SSSR count). The molecule has 0 amide bonds. The summed E-state index contributed by atoms with van der Waals surface area (Å²) >= 11 is 0. The minimum atomic E-state index is -4.22. The second kappa shape index (κ2) is 5.82. The molecule has 0 aliphatic carbocycles. The van der Waals surface area contributed by atoms with Crippen LogP contribution >= 0.6 is 0 Å². The van der Waals surface area contributed by atoms with Gasteiger partial charge in [0.25, 0.3) is 0 Å². The van der Waals surface area contributed by atoms with E-state index < -0.39 is 50.7 Å². The molecule has 2 bridgehead atoms. The van der Waals surface area contributed by atoms with Crippen molar-refractivity contribution in [3.8, 4) is 0 Å². The van der Waals surface area contributed by atoms with Crippen molar-refractivity contribution in [3.05, 3.63) is 29.6 Å². The lowest BCUT2D eigenvalue weighted by Crippen LogP contribution is -2.38. The fourth-order valence-corrected chi connectivity index (χ4v) is 5.79. The van der Waals surface area contributed by atoms with Crippen LogP contribution in [0.4, 0.5) is 4.39 Å². The predicted molar refractivity (Wildman–Crippen MR) is 79.3 cm³/mol. The number of carboxylic acid groups (broad SMARTS) is 1. The zero-order valence-electron chi connectivity index (χ0n) is 12.8. The summed E-state index contributed by atoms with van der Waals surface area (Å²) in [6.07, 6.45) is 1.21. The minimum Gasteiger partial charge on any atom is -0.481 e. The third-order valence-electron chi connectivity index (χ3n) is 4.69. The summed E-state index contributed by atoms with van der Waals surface area (Å²) in [5.74, 6) is -3.53. The molecule has 1 aromatic rings. The Kier molecular flexibility index (Phi) is 4.08. The van der Waals surface area contributed by atoms with Crippen molar-refractivity contribution in [2.24, 2.45) is 5.92 Å². The number of aliphatic carboxylic acids is 1. The summed E-state index contributed by atoms with van der Waals surface area (Å²) in [6.45, 7) is 0. The number of hydrogen-bond acceptors (Lipinski definition) is 5. The molecule has 2 fully saturated rings. The van der Waals surface area contributed by atoms with Crippen LogP contribution in [0.1, 0.15) is 29.6 Å². The average molecular weight is 357 g/mol. The molecule has 2 saturated heterocycles. The summed E-state index contributed by atoms with van der Waals surface area (Å²) in [4.78, 5) is 22.7. The van der Waals surface area contributed by atoms with Crippen LogP contribution in [0.5, 0.6) is 0 Å². The summed E-state index contributed by atoms with van der Waals surface area (Å²) in [7, 11) is -3.12. The Bertz CT molecular complexity index is 808. The minimum absolute atomic E-state index is 0.224. The third-order valence-corrected chi connectivity index (χ3v) is 6.71. The molecular formula is C15H16FNO6S. The number of fused-ring (bicyclic) bond motifs is 2. The van der Waals surface area contributed by atoms with Gasteiger partial charge in [0.15, 0.2) is 0 Å². The van der Waals surface area contributed by atoms with Crippen LogP contribution in [-0.2, 0) is 19.6 Å². The van der Waals surface area contributed by atoms with E-state index in [-0.39, 0.29) is 12.0 Å². The van der Waals surface area contributed by atoms with Crippen molar-refractivity contribution in [2.45, 2.75) is 36.2 Å². The van der Waals surface area contributed by atoms with E-state index in [1.807, 2.05) is 0 Å². The number of sulfonamides is 1. The molecule has 0 aromatic heterocycles. The van der Waals surface area contributed by atoms with Gasteiger partial charge in [0.2, 0.25) is 10.0 Å². The Morgan fingerprint density at radius 1 is 1.33 bits per heavy atom. The number of carboxylic acids is 1. The maximum atomic E-state index is 13.6. The second-order valence-corrected chi connectivity index (χ2v) is 7.76. The van der Waals surface area contributed by atoms with E-state index in [0.29, 0.717) is 12.8 Å². The highest BCUT2D eigenvalue weighted by Gasteiger charge is 2.54. The number of benzene rings is 1. The molecule has 2 aliphatic heterocycles. The first-order valence-electron chi connectivity index (χ1n) is 7.41. The number of hydrogen-bond donors (Lipinski definition) is 1. The maximum absolute atomic E-state index is 13.6. The van der Waals surface area contributed by atoms with Gasteiger partial charge in [-0.15, -0.1) is 0 Å². The molecule has 7 nitrogen and oxygen atoms in total. The number of ether oxygens (including phenoxy) is 1. The molecule has 130 valence electrons.